The second-order valence-electron chi connectivity index (χ2n) is 8.22. The molecule has 0 bridgehead atoms. The summed E-state index contributed by atoms with van der Waals surface area (Å²) in [7, 11) is 1.80. The summed E-state index contributed by atoms with van der Waals surface area (Å²) in [6, 6.07) is 6.78. The largest absolute Gasteiger partial charge is 0.381 e. The van der Waals surface area contributed by atoms with Gasteiger partial charge >= 0.3 is 0 Å². The second-order valence-corrected chi connectivity index (χ2v) is 8.22. The quantitative estimate of drug-likeness (QED) is 0.333. The van der Waals surface area contributed by atoms with Gasteiger partial charge in [0.1, 0.15) is 5.82 Å². The molecule has 2 saturated heterocycles. The second kappa shape index (κ2) is 13.5. The zero-order valence-corrected chi connectivity index (χ0v) is 18.8. The fourth-order valence-electron chi connectivity index (χ4n) is 3.98. The van der Waals surface area contributed by atoms with Crippen molar-refractivity contribution in [3.05, 3.63) is 30.1 Å². The van der Waals surface area contributed by atoms with Crippen LogP contribution in [-0.4, -0.2) is 90.1 Å². The summed E-state index contributed by atoms with van der Waals surface area (Å²) in [5.41, 5.74) is 1.10. The van der Waals surface area contributed by atoms with Crippen molar-refractivity contribution >= 4 is 11.6 Å². The Labute approximate surface area is 186 Å². The van der Waals surface area contributed by atoms with Crippen molar-refractivity contribution < 1.29 is 13.9 Å². The normalized spacial score (nSPS) is 18.9. The van der Waals surface area contributed by atoms with E-state index in [2.05, 4.69) is 25.4 Å². The van der Waals surface area contributed by atoms with Crippen molar-refractivity contribution in [3.8, 4) is 0 Å². The van der Waals surface area contributed by atoms with Crippen molar-refractivity contribution in [1.29, 1.82) is 0 Å². The lowest BCUT2D eigenvalue weighted by Gasteiger charge is -2.36. The van der Waals surface area contributed by atoms with Gasteiger partial charge in [-0.05, 0) is 49.4 Å². The Balaban J connectivity index is 1.20. The third kappa shape index (κ3) is 8.63. The van der Waals surface area contributed by atoms with Gasteiger partial charge in [-0.2, -0.15) is 0 Å². The minimum atomic E-state index is -0.182. The summed E-state index contributed by atoms with van der Waals surface area (Å²) < 4.78 is 24.3. The molecule has 2 heterocycles. The van der Waals surface area contributed by atoms with Gasteiger partial charge < -0.3 is 25.0 Å². The number of piperazine rings is 1. The Hall–Kier alpha value is -1.90. The first-order chi connectivity index (χ1) is 15.2. The molecule has 2 N–H and O–H groups in total. The number of guanidine groups is 1. The SMILES string of the molecule is CN=C(NCCCOCC1CCOCC1)NCCN1CCN(c2ccc(F)cc2)CC1. The number of hydrogen-bond donors (Lipinski definition) is 2. The monoisotopic (exact) mass is 435 g/mol. The summed E-state index contributed by atoms with van der Waals surface area (Å²) in [6.07, 6.45) is 3.21. The molecule has 0 atom stereocenters. The first-order valence-corrected chi connectivity index (χ1v) is 11.6. The van der Waals surface area contributed by atoms with Gasteiger partial charge in [-0.3, -0.25) is 9.89 Å². The lowest BCUT2D eigenvalue weighted by Crippen LogP contribution is -2.49. The highest BCUT2D eigenvalue weighted by atomic mass is 19.1. The van der Waals surface area contributed by atoms with Crippen LogP contribution in [0.15, 0.2) is 29.3 Å². The Kier molecular flexibility index (Phi) is 10.3. The number of hydrogen-bond acceptors (Lipinski definition) is 5. The summed E-state index contributed by atoms with van der Waals surface area (Å²) in [4.78, 5) is 9.07. The van der Waals surface area contributed by atoms with E-state index in [1.807, 2.05) is 12.1 Å². The molecule has 0 aromatic heterocycles. The zero-order chi connectivity index (χ0) is 21.7. The number of nitrogens with one attached hydrogen (secondary N) is 2. The maximum Gasteiger partial charge on any atom is 0.191 e. The molecule has 2 aliphatic rings. The molecule has 3 rings (SSSR count). The molecular weight excluding hydrogens is 397 g/mol. The highest BCUT2D eigenvalue weighted by molar-refractivity contribution is 5.79. The van der Waals surface area contributed by atoms with Gasteiger partial charge in [-0.25, -0.2) is 4.39 Å². The molecule has 7 nitrogen and oxygen atoms in total. The third-order valence-corrected chi connectivity index (χ3v) is 5.96. The van der Waals surface area contributed by atoms with Crippen LogP contribution in [0.4, 0.5) is 10.1 Å². The van der Waals surface area contributed by atoms with E-state index in [0.717, 1.165) is 103 Å². The summed E-state index contributed by atoms with van der Waals surface area (Å²) in [5.74, 6) is 1.32. The summed E-state index contributed by atoms with van der Waals surface area (Å²) in [5, 5.41) is 6.76. The topological polar surface area (TPSA) is 61.4 Å². The predicted octanol–water partition coefficient (Wildman–Crippen LogP) is 1.95. The van der Waals surface area contributed by atoms with Gasteiger partial charge in [-0.1, -0.05) is 0 Å². The first kappa shape index (κ1) is 23.8. The van der Waals surface area contributed by atoms with E-state index in [0.29, 0.717) is 5.92 Å². The molecule has 0 spiro atoms. The number of nitrogens with zero attached hydrogens (tertiary/aromatic N) is 3. The Morgan fingerprint density at radius 2 is 1.81 bits per heavy atom. The fraction of sp³-hybridized carbons (Fsp3) is 0.696. The van der Waals surface area contributed by atoms with E-state index in [9.17, 15) is 4.39 Å². The van der Waals surface area contributed by atoms with Crippen molar-refractivity contribution in [2.75, 3.05) is 84.2 Å². The van der Waals surface area contributed by atoms with E-state index < -0.39 is 0 Å². The number of ether oxygens (including phenoxy) is 2. The van der Waals surface area contributed by atoms with E-state index in [1.165, 1.54) is 12.1 Å². The smallest absolute Gasteiger partial charge is 0.191 e. The molecule has 174 valence electrons. The molecule has 8 heteroatoms. The molecule has 0 aliphatic carbocycles. The van der Waals surface area contributed by atoms with Crippen molar-refractivity contribution in [2.24, 2.45) is 10.9 Å². The van der Waals surface area contributed by atoms with E-state index in [4.69, 9.17) is 9.47 Å². The van der Waals surface area contributed by atoms with Crippen LogP contribution in [0, 0.1) is 11.7 Å². The lowest BCUT2D eigenvalue weighted by molar-refractivity contribution is 0.0203. The molecule has 1 aromatic rings. The average Bonchev–Trinajstić information content (AvgIpc) is 2.82. The number of anilines is 1. The summed E-state index contributed by atoms with van der Waals surface area (Å²) >= 11 is 0. The van der Waals surface area contributed by atoms with Crippen LogP contribution in [0.2, 0.25) is 0 Å². The first-order valence-electron chi connectivity index (χ1n) is 11.6. The number of halogens is 1. The summed E-state index contributed by atoms with van der Waals surface area (Å²) in [6.45, 7) is 10.0. The van der Waals surface area contributed by atoms with Crippen LogP contribution in [0.3, 0.4) is 0 Å². The third-order valence-electron chi connectivity index (χ3n) is 5.96. The van der Waals surface area contributed by atoms with E-state index in [-0.39, 0.29) is 5.82 Å². The predicted molar refractivity (Wildman–Crippen MR) is 123 cm³/mol. The van der Waals surface area contributed by atoms with Gasteiger partial charge in [0.05, 0.1) is 0 Å². The van der Waals surface area contributed by atoms with Gasteiger partial charge in [0.25, 0.3) is 0 Å². The van der Waals surface area contributed by atoms with Gasteiger partial charge in [0, 0.05) is 85.0 Å². The van der Waals surface area contributed by atoms with Crippen LogP contribution in [0.1, 0.15) is 19.3 Å². The van der Waals surface area contributed by atoms with E-state index >= 15 is 0 Å². The molecule has 2 aliphatic heterocycles. The minimum Gasteiger partial charge on any atom is -0.381 e. The Bertz CT molecular complexity index is 644. The molecule has 1 aromatic carbocycles. The highest BCUT2D eigenvalue weighted by Crippen LogP contribution is 2.17. The zero-order valence-electron chi connectivity index (χ0n) is 18.8. The Morgan fingerprint density at radius 1 is 1.10 bits per heavy atom. The van der Waals surface area contributed by atoms with Crippen LogP contribution in [0.25, 0.3) is 0 Å². The van der Waals surface area contributed by atoms with Gasteiger partial charge in [-0.15, -0.1) is 0 Å². The molecule has 0 amide bonds. The fourth-order valence-corrected chi connectivity index (χ4v) is 3.98. The van der Waals surface area contributed by atoms with Gasteiger partial charge in [0.15, 0.2) is 5.96 Å². The number of rotatable bonds is 10. The van der Waals surface area contributed by atoms with Crippen molar-refractivity contribution in [1.82, 2.24) is 15.5 Å². The molecule has 31 heavy (non-hydrogen) atoms. The Morgan fingerprint density at radius 3 is 2.52 bits per heavy atom. The molecular formula is C23H38FN5O2. The molecule has 0 unspecified atom stereocenters. The van der Waals surface area contributed by atoms with E-state index in [1.54, 1.807) is 7.05 Å². The minimum absolute atomic E-state index is 0.182. The van der Waals surface area contributed by atoms with Crippen LogP contribution in [0.5, 0.6) is 0 Å². The van der Waals surface area contributed by atoms with Crippen LogP contribution < -0.4 is 15.5 Å². The van der Waals surface area contributed by atoms with Crippen LogP contribution >= 0.6 is 0 Å². The standard InChI is InChI=1S/C23H38FN5O2/c1-25-23(26-9-2-16-31-19-20-7-17-30-18-8-20)27-10-11-28-12-14-29(15-13-28)22-5-3-21(24)4-6-22/h3-6,20H,2,7-19H2,1H3,(H2,25,26,27). The molecule has 2 fully saturated rings. The van der Waals surface area contributed by atoms with Crippen molar-refractivity contribution in [3.63, 3.8) is 0 Å². The molecule has 0 radical (unpaired) electrons. The number of benzene rings is 1. The maximum atomic E-state index is 13.1. The van der Waals surface area contributed by atoms with Crippen molar-refractivity contribution in [2.45, 2.75) is 19.3 Å². The van der Waals surface area contributed by atoms with Gasteiger partial charge in [0.2, 0.25) is 0 Å². The maximum absolute atomic E-state index is 13.1. The lowest BCUT2D eigenvalue weighted by atomic mass is 10.0. The van der Waals surface area contributed by atoms with Crippen LogP contribution in [-0.2, 0) is 9.47 Å². The molecule has 0 saturated carbocycles. The highest BCUT2D eigenvalue weighted by Gasteiger charge is 2.17. The average molecular weight is 436 g/mol. The number of aliphatic imine (C=N–C) groups is 1.